The number of carbonyl (C=O) groups excluding carboxylic acids is 2. The van der Waals surface area contributed by atoms with Crippen LogP contribution in [0.1, 0.15) is 25.3 Å². The first-order valence-electron chi connectivity index (χ1n) is 9.77. The van der Waals surface area contributed by atoms with Gasteiger partial charge < -0.3 is 19.5 Å². The average molecular weight is 448 g/mol. The van der Waals surface area contributed by atoms with Crippen LogP contribution in [0, 0.1) is 10.1 Å². The standard InChI is InChI=1S/C21H24N2O7S/c1-4-29-21(25)19-16(11-31-10-15-9-30-15)22-12(2)17(20(24)28-3)18(19)13-6-5-7-14(8-13)23(26)27/h5-8,15,18,22H,4,9-11H2,1-3H3. The Bertz CT molecular complexity index is 953. The van der Waals surface area contributed by atoms with E-state index in [1.165, 1.54) is 25.3 Å². The molecule has 2 unspecified atom stereocenters. The number of rotatable bonds is 9. The van der Waals surface area contributed by atoms with Crippen LogP contribution in [0.15, 0.2) is 46.8 Å². The lowest BCUT2D eigenvalue weighted by molar-refractivity contribution is -0.384. The summed E-state index contributed by atoms with van der Waals surface area (Å²) < 4.78 is 15.5. The Morgan fingerprint density at radius 3 is 2.68 bits per heavy atom. The number of hydrogen-bond donors (Lipinski definition) is 1. The predicted molar refractivity (Wildman–Crippen MR) is 114 cm³/mol. The van der Waals surface area contributed by atoms with Crippen LogP contribution in [-0.2, 0) is 23.8 Å². The Morgan fingerprint density at radius 2 is 2.06 bits per heavy atom. The van der Waals surface area contributed by atoms with Crippen LogP contribution in [-0.4, -0.2) is 54.8 Å². The van der Waals surface area contributed by atoms with Crippen molar-refractivity contribution < 1.29 is 28.7 Å². The fourth-order valence-electron chi connectivity index (χ4n) is 3.45. The Morgan fingerprint density at radius 1 is 1.32 bits per heavy atom. The number of nitro benzene ring substituents is 1. The second kappa shape index (κ2) is 9.97. The smallest absolute Gasteiger partial charge is 0.336 e. The van der Waals surface area contributed by atoms with Gasteiger partial charge in [0.15, 0.2) is 0 Å². The molecule has 2 aliphatic rings. The minimum atomic E-state index is -0.861. The zero-order chi connectivity index (χ0) is 22.5. The van der Waals surface area contributed by atoms with Gasteiger partial charge in [-0.15, -0.1) is 0 Å². The number of carbonyl (C=O) groups is 2. The summed E-state index contributed by atoms with van der Waals surface area (Å²) in [6.45, 7) is 4.29. The highest BCUT2D eigenvalue weighted by molar-refractivity contribution is 7.99. The Balaban J connectivity index is 2.11. The Labute approximate surface area is 184 Å². The lowest BCUT2D eigenvalue weighted by Crippen LogP contribution is -2.34. The van der Waals surface area contributed by atoms with Gasteiger partial charge in [-0.1, -0.05) is 12.1 Å². The quantitative estimate of drug-likeness (QED) is 0.263. The highest BCUT2D eigenvalue weighted by atomic mass is 32.2. The maximum atomic E-state index is 13.0. The van der Waals surface area contributed by atoms with E-state index in [1.54, 1.807) is 31.7 Å². The highest BCUT2D eigenvalue weighted by Gasteiger charge is 2.39. The van der Waals surface area contributed by atoms with E-state index in [2.05, 4.69) is 5.32 Å². The molecular formula is C21H24N2O7S. The van der Waals surface area contributed by atoms with E-state index < -0.39 is 22.8 Å². The van der Waals surface area contributed by atoms with Gasteiger partial charge in [0.2, 0.25) is 0 Å². The molecule has 0 bridgehead atoms. The van der Waals surface area contributed by atoms with Crippen LogP contribution in [0.5, 0.6) is 0 Å². The Kier molecular flexibility index (Phi) is 7.34. The summed E-state index contributed by atoms with van der Waals surface area (Å²) in [5.74, 6) is -0.832. The third kappa shape index (κ3) is 5.26. The number of thioether (sulfide) groups is 1. The minimum absolute atomic E-state index is 0.136. The van der Waals surface area contributed by atoms with Crippen molar-refractivity contribution in [1.82, 2.24) is 5.32 Å². The lowest BCUT2D eigenvalue weighted by atomic mass is 9.80. The molecule has 0 amide bonds. The normalized spacial score (nSPS) is 20.2. The Hall–Kier alpha value is -2.85. The van der Waals surface area contributed by atoms with E-state index >= 15 is 0 Å². The molecular weight excluding hydrogens is 424 g/mol. The van der Waals surface area contributed by atoms with Gasteiger partial charge in [0.1, 0.15) is 0 Å². The molecule has 0 aliphatic carbocycles. The van der Waals surface area contributed by atoms with Crippen LogP contribution in [0.4, 0.5) is 5.69 Å². The molecule has 0 aromatic heterocycles. The van der Waals surface area contributed by atoms with Crippen LogP contribution in [0.25, 0.3) is 0 Å². The molecule has 0 spiro atoms. The summed E-state index contributed by atoms with van der Waals surface area (Å²) in [5.41, 5.74) is 1.89. The monoisotopic (exact) mass is 448 g/mol. The average Bonchev–Trinajstić information content (AvgIpc) is 3.57. The number of nitrogens with one attached hydrogen (secondary N) is 1. The topological polar surface area (TPSA) is 120 Å². The van der Waals surface area contributed by atoms with Gasteiger partial charge in [-0.25, -0.2) is 9.59 Å². The third-order valence-corrected chi connectivity index (χ3v) is 6.01. The number of allylic oxidation sites excluding steroid dienone is 1. The van der Waals surface area contributed by atoms with E-state index in [-0.39, 0.29) is 29.5 Å². The van der Waals surface area contributed by atoms with Crippen LogP contribution >= 0.6 is 11.8 Å². The molecule has 2 atom stereocenters. The second-order valence-electron chi connectivity index (χ2n) is 7.02. The van der Waals surface area contributed by atoms with Gasteiger partial charge >= 0.3 is 11.9 Å². The molecule has 9 nitrogen and oxygen atoms in total. The van der Waals surface area contributed by atoms with E-state index in [0.717, 1.165) is 12.4 Å². The maximum Gasteiger partial charge on any atom is 0.336 e. The molecule has 2 heterocycles. The van der Waals surface area contributed by atoms with Gasteiger partial charge in [0.25, 0.3) is 5.69 Å². The third-order valence-electron chi connectivity index (χ3n) is 4.91. The summed E-state index contributed by atoms with van der Waals surface area (Å²) in [6.07, 6.45) is 0.218. The molecule has 1 saturated heterocycles. The number of benzene rings is 1. The van der Waals surface area contributed by atoms with E-state index in [1.807, 2.05) is 0 Å². The molecule has 2 aliphatic heterocycles. The van der Waals surface area contributed by atoms with Crippen molar-refractivity contribution in [3.8, 4) is 0 Å². The van der Waals surface area contributed by atoms with Crippen molar-refractivity contribution in [2.45, 2.75) is 25.9 Å². The maximum absolute atomic E-state index is 13.0. The van der Waals surface area contributed by atoms with E-state index in [0.29, 0.717) is 22.7 Å². The number of non-ortho nitro benzene ring substituents is 1. The zero-order valence-corrected chi connectivity index (χ0v) is 18.3. The number of hydrogen-bond acceptors (Lipinski definition) is 9. The molecule has 10 heteroatoms. The molecule has 1 aromatic carbocycles. The molecule has 1 aromatic rings. The second-order valence-corrected chi connectivity index (χ2v) is 8.05. The van der Waals surface area contributed by atoms with Crippen molar-refractivity contribution in [3.63, 3.8) is 0 Å². The van der Waals surface area contributed by atoms with Gasteiger partial charge in [-0.2, -0.15) is 11.8 Å². The molecule has 0 radical (unpaired) electrons. The summed E-state index contributed by atoms with van der Waals surface area (Å²) in [4.78, 5) is 36.5. The lowest BCUT2D eigenvalue weighted by Gasteiger charge is -2.31. The number of esters is 2. The number of dihydropyridines is 1. The summed E-state index contributed by atoms with van der Waals surface area (Å²) in [6, 6.07) is 5.91. The molecule has 166 valence electrons. The number of methoxy groups -OCH3 is 1. The first-order valence-corrected chi connectivity index (χ1v) is 10.9. The first-order chi connectivity index (χ1) is 14.9. The van der Waals surface area contributed by atoms with Gasteiger partial charge in [-0.3, -0.25) is 10.1 Å². The summed E-state index contributed by atoms with van der Waals surface area (Å²) in [7, 11) is 1.25. The van der Waals surface area contributed by atoms with Gasteiger partial charge in [-0.05, 0) is 19.4 Å². The van der Waals surface area contributed by atoms with Crippen molar-refractivity contribution in [2.75, 3.05) is 31.8 Å². The first kappa shape index (κ1) is 22.8. The number of ether oxygens (including phenoxy) is 3. The van der Waals surface area contributed by atoms with Crippen molar-refractivity contribution in [1.29, 1.82) is 0 Å². The fraction of sp³-hybridized carbons (Fsp3) is 0.429. The summed E-state index contributed by atoms with van der Waals surface area (Å²) in [5, 5.41) is 14.5. The SMILES string of the molecule is CCOC(=O)C1=C(CSCC2CO2)NC(C)=C(C(=O)OC)C1c1cccc([N+](=O)[O-])c1. The van der Waals surface area contributed by atoms with E-state index in [9.17, 15) is 19.7 Å². The molecule has 1 fully saturated rings. The van der Waals surface area contributed by atoms with Crippen LogP contribution < -0.4 is 5.32 Å². The van der Waals surface area contributed by atoms with E-state index in [4.69, 9.17) is 14.2 Å². The predicted octanol–water partition coefficient (Wildman–Crippen LogP) is 2.68. The molecule has 1 N–H and O–H groups in total. The van der Waals surface area contributed by atoms with Crippen molar-refractivity contribution in [2.24, 2.45) is 0 Å². The van der Waals surface area contributed by atoms with Crippen molar-refractivity contribution in [3.05, 3.63) is 62.5 Å². The molecule has 31 heavy (non-hydrogen) atoms. The molecule has 3 rings (SSSR count). The van der Waals surface area contributed by atoms with Crippen molar-refractivity contribution >= 4 is 29.4 Å². The van der Waals surface area contributed by atoms with Gasteiger partial charge in [0, 0.05) is 35.0 Å². The number of nitro groups is 1. The molecule has 0 saturated carbocycles. The number of nitrogens with zero attached hydrogens (tertiary/aromatic N) is 1. The fourth-order valence-corrected chi connectivity index (χ4v) is 4.45. The largest absolute Gasteiger partial charge is 0.466 e. The van der Waals surface area contributed by atoms with Crippen LogP contribution in [0.3, 0.4) is 0 Å². The minimum Gasteiger partial charge on any atom is -0.466 e. The van der Waals surface area contributed by atoms with Gasteiger partial charge in [0.05, 0.1) is 48.4 Å². The number of epoxide rings is 1. The van der Waals surface area contributed by atoms with Crippen LogP contribution in [0.2, 0.25) is 0 Å². The zero-order valence-electron chi connectivity index (χ0n) is 17.5. The highest BCUT2D eigenvalue weighted by Crippen LogP contribution is 2.41. The summed E-state index contributed by atoms with van der Waals surface area (Å²) >= 11 is 1.59.